The van der Waals surface area contributed by atoms with Crippen LogP contribution in [0.25, 0.3) is 11.3 Å². The van der Waals surface area contributed by atoms with Crippen molar-refractivity contribution < 1.29 is 9.21 Å². The number of carbonyl (C=O) groups excluding carboxylic acids is 1. The third kappa shape index (κ3) is 1.52. The van der Waals surface area contributed by atoms with Crippen molar-refractivity contribution in [2.45, 2.75) is 19.8 Å². The van der Waals surface area contributed by atoms with Gasteiger partial charge in [0.15, 0.2) is 5.78 Å². The standard InChI is InChI=1S/C15H14O2/c1-2-10-9-11-5-3-6-12(14(11)15(10)16)13-7-4-8-17-13/h3-8,10H,2,9H2,1H3. The molecule has 1 aliphatic carbocycles. The molecule has 2 nitrogen and oxygen atoms in total. The van der Waals surface area contributed by atoms with Crippen LogP contribution < -0.4 is 0 Å². The van der Waals surface area contributed by atoms with Crippen molar-refractivity contribution in [1.29, 1.82) is 0 Å². The molecule has 1 atom stereocenters. The lowest BCUT2D eigenvalue weighted by atomic mass is 9.99. The maximum Gasteiger partial charge on any atom is 0.167 e. The van der Waals surface area contributed by atoms with E-state index in [1.807, 2.05) is 24.3 Å². The van der Waals surface area contributed by atoms with E-state index in [1.165, 1.54) is 0 Å². The van der Waals surface area contributed by atoms with Gasteiger partial charge in [-0.15, -0.1) is 0 Å². The summed E-state index contributed by atoms with van der Waals surface area (Å²) in [6.07, 6.45) is 3.43. The molecular formula is C15H14O2. The largest absolute Gasteiger partial charge is 0.464 e. The zero-order valence-electron chi connectivity index (χ0n) is 9.77. The van der Waals surface area contributed by atoms with E-state index in [9.17, 15) is 4.79 Å². The van der Waals surface area contributed by atoms with Gasteiger partial charge in [0.25, 0.3) is 0 Å². The third-order valence-electron chi connectivity index (χ3n) is 3.51. The van der Waals surface area contributed by atoms with Crippen molar-refractivity contribution in [2.24, 2.45) is 5.92 Å². The molecule has 0 saturated heterocycles. The number of carbonyl (C=O) groups is 1. The van der Waals surface area contributed by atoms with Crippen LogP contribution in [0.3, 0.4) is 0 Å². The Labute approximate surface area is 100 Å². The molecule has 0 N–H and O–H groups in total. The van der Waals surface area contributed by atoms with Crippen molar-refractivity contribution in [3.8, 4) is 11.3 Å². The SMILES string of the molecule is CCC1Cc2cccc(-c3ccco3)c2C1=O. The van der Waals surface area contributed by atoms with E-state index in [0.717, 1.165) is 35.3 Å². The summed E-state index contributed by atoms with van der Waals surface area (Å²) in [5.74, 6) is 1.21. The fraction of sp³-hybridized carbons (Fsp3) is 0.267. The molecule has 0 amide bonds. The fourth-order valence-electron chi connectivity index (χ4n) is 2.59. The lowest BCUT2D eigenvalue weighted by molar-refractivity contribution is 0.0934. The molecule has 1 heterocycles. The van der Waals surface area contributed by atoms with Crippen LogP contribution in [0.2, 0.25) is 0 Å². The molecule has 0 aliphatic heterocycles. The van der Waals surface area contributed by atoms with Gasteiger partial charge in [0.2, 0.25) is 0 Å². The Hall–Kier alpha value is -1.83. The highest BCUT2D eigenvalue weighted by atomic mass is 16.3. The van der Waals surface area contributed by atoms with E-state index < -0.39 is 0 Å². The first-order valence-corrected chi connectivity index (χ1v) is 6.01. The maximum absolute atomic E-state index is 12.3. The van der Waals surface area contributed by atoms with Crippen molar-refractivity contribution >= 4 is 5.78 Å². The topological polar surface area (TPSA) is 30.2 Å². The van der Waals surface area contributed by atoms with Gasteiger partial charge >= 0.3 is 0 Å². The van der Waals surface area contributed by atoms with E-state index >= 15 is 0 Å². The van der Waals surface area contributed by atoms with E-state index in [1.54, 1.807) is 6.26 Å². The number of rotatable bonds is 2. The maximum atomic E-state index is 12.3. The van der Waals surface area contributed by atoms with Gasteiger partial charge in [-0.05, 0) is 30.5 Å². The minimum atomic E-state index is 0.154. The smallest absolute Gasteiger partial charge is 0.167 e. The van der Waals surface area contributed by atoms with Gasteiger partial charge in [-0.25, -0.2) is 0 Å². The Balaban J connectivity index is 2.16. The number of furan rings is 1. The quantitative estimate of drug-likeness (QED) is 0.781. The Bertz CT molecular complexity index is 552. The van der Waals surface area contributed by atoms with Crippen LogP contribution in [0.1, 0.15) is 29.3 Å². The van der Waals surface area contributed by atoms with Crippen LogP contribution in [0.4, 0.5) is 0 Å². The summed E-state index contributed by atoms with van der Waals surface area (Å²) in [4.78, 5) is 12.3. The summed E-state index contributed by atoms with van der Waals surface area (Å²) < 4.78 is 5.41. The fourth-order valence-corrected chi connectivity index (χ4v) is 2.59. The summed E-state index contributed by atoms with van der Waals surface area (Å²) in [5, 5.41) is 0. The number of fused-ring (bicyclic) bond motifs is 1. The second-order valence-electron chi connectivity index (χ2n) is 4.49. The zero-order chi connectivity index (χ0) is 11.8. The van der Waals surface area contributed by atoms with E-state index in [2.05, 4.69) is 13.0 Å². The predicted octanol–water partition coefficient (Wildman–Crippen LogP) is 3.71. The Morgan fingerprint density at radius 2 is 2.18 bits per heavy atom. The molecule has 2 aromatic rings. The molecule has 0 radical (unpaired) electrons. The van der Waals surface area contributed by atoms with Gasteiger partial charge in [0.05, 0.1) is 6.26 Å². The first-order chi connectivity index (χ1) is 8.31. The molecule has 0 fully saturated rings. The molecule has 17 heavy (non-hydrogen) atoms. The number of ketones is 1. The Morgan fingerprint density at radius 3 is 2.88 bits per heavy atom. The van der Waals surface area contributed by atoms with Crippen molar-refractivity contribution in [1.82, 2.24) is 0 Å². The predicted molar refractivity (Wildman–Crippen MR) is 66.0 cm³/mol. The molecule has 1 unspecified atom stereocenters. The monoisotopic (exact) mass is 226 g/mol. The van der Waals surface area contributed by atoms with Crippen LogP contribution in [-0.2, 0) is 6.42 Å². The normalized spacial score (nSPS) is 18.4. The summed E-state index contributed by atoms with van der Waals surface area (Å²) in [6.45, 7) is 2.07. The van der Waals surface area contributed by atoms with Gasteiger partial charge < -0.3 is 4.42 Å². The van der Waals surface area contributed by atoms with Gasteiger partial charge in [0, 0.05) is 17.0 Å². The average Bonchev–Trinajstić information content (AvgIpc) is 2.97. The summed E-state index contributed by atoms with van der Waals surface area (Å²) in [6, 6.07) is 9.78. The van der Waals surface area contributed by atoms with E-state index in [4.69, 9.17) is 4.42 Å². The average molecular weight is 226 g/mol. The highest BCUT2D eigenvalue weighted by molar-refractivity contribution is 6.07. The number of benzene rings is 1. The molecule has 0 spiro atoms. The van der Waals surface area contributed by atoms with Crippen LogP contribution in [-0.4, -0.2) is 5.78 Å². The second kappa shape index (κ2) is 3.88. The summed E-state index contributed by atoms with van der Waals surface area (Å²) in [7, 11) is 0. The number of hydrogen-bond donors (Lipinski definition) is 0. The molecular weight excluding hydrogens is 212 g/mol. The first kappa shape index (κ1) is 10.3. The van der Waals surface area contributed by atoms with Crippen LogP contribution in [0.5, 0.6) is 0 Å². The van der Waals surface area contributed by atoms with Gasteiger partial charge in [-0.2, -0.15) is 0 Å². The zero-order valence-corrected chi connectivity index (χ0v) is 9.77. The minimum Gasteiger partial charge on any atom is -0.464 e. The van der Waals surface area contributed by atoms with Crippen molar-refractivity contribution in [2.75, 3.05) is 0 Å². The number of hydrogen-bond acceptors (Lipinski definition) is 2. The molecule has 0 saturated carbocycles. The first-order valence-electron chi connectivity index (χ1n) is 6.01. The molecule has 3 rings (SSSR count). The van der Waals surface area contributed by atoms with E-state index in [0.29, 0.717) is 0 Å². The lowest BCUT2D eigenvalue weighted by Crippen LogP contribution is -2.07. The molecule has 86 valence electrons. The van der Waals surface area contributed by atoms with E-state index in [-0.39, 0.29) is 11.7 Å². The van der Waals surface area contributed by atoms with Gasteiger partial charge in [-0.1, -0.05) is 25.1 Å². The molecule has 2 heteroatoms. The van der Waals surface area contributed by atoms with Crippen LogP contribution in [0, 0.1) is 5.92 Å². The lowest BCUT2D eigenvalue weighted by Gasteiger charge is -2.04. The Morgan fingerprint density at radius 1 is 1.29 bits per heavy atom. The van der Waals surface area contributed by atoms with Gasteiger partial charge in [0.1, 0.15) is 5.76 Å². The highest BCUT2D eigenvalue weighted by Crippen LogP contribution is 2.36. The van der Waals surface area contributed by atoms with Crippen LogP contribution in [0.15, 0.2) is 41.0 Å². The summed E-state index contributed by atoms with van der Waals surface area (Å²) >= 11 is 0. The number of Topliss-reactive ketones (excluding diaryl/α,β-unsaturated/α-hetero) is 1. The molecule has 1 aliphatic rings. The second-order valence-corrected chi connectivity index (χ2v) is 4.49. The Kier molecular flexibility index (Phi) is 2.36. The van der Waals surface area contributed by atoms with Crippen molar-refractivity contribution in [3.63, 3.8) is 0 Å². The van der Waals surface area contributed by atoms with Gasteiger partial charge in [-0.3, -0.25) is 4.79 Å². The van der Waals surface area contributed by atoms with Crippen molar-refractivity contribution in [3.05, 3.63) is 47.7 Å². The molecule has 1 aromatic carbocycles. The van der Waals surface area contributed by atoms with Crippen LogP contribution >= 0.6 is 0 Å². The highest BCUT2D eigenvalue weighted by Gasteiger charge is 2.31. The minimum absolute atomic E-state index is 0.154. The summed E-state index contributed by atoms with van der Waals surface area (Å²) in [5.41, 5.74) is 2.97. The third-order valence-corrected chi connectivity index (χ3v) is 3.51. The molecule has 1 aromatic heterocycles. The molecule has 0 bridgehead atoms.